The Morgan fingerprint density at radius 2 is 1.85 bits per heavy atom. The molecule has 0 saturated heterocycles. The van der Waals surface area contributed by atoms with Crippen LogP contribution in [0.25, 0.3) is 10.2 Å². The van der Waals surface area contributed by atoms with Gasteiger partial charge in [0.05, 0.1) is 21.2 Å². The van der Waals surface area contributed by atoms with Gasteiger partial charge in [-0.1, -0.05) is 65.6 Å². The van der Waals surface area contributed by atoms with E-state index in [9.17, 15) is 10.1 Å². The first-order valence-corrected chi connectivity index (χ1v) is 12.8. The van der Waals surface area contributed by atoms with E-state index in [-0.39, 0.29) is 10.6 Å². The molecular formula is C25H23N5O2S2. The summed E-state index contributed by atoms with van der Waals surface area (Å²) in [6, 6.07) is 24.0. The number of thioether (sulfide) groups is 1. The Morgan fingerprint density at radius 1 is 1.03 bits per heavy atom. The third-order valence-electron chi connectivity index (χ3n) is 5.50. The minimum atomic E-state index is -0.383. The number of anilines is 2. The van der Waals surface area contributed by atoms with Crippen molar-refractivity contribution in [2.24, 2.45) is 4.99 Å². The van der Waals surface area contributed by atoms with Gasteiger partial charge >= 0.3 is 0 Å². The maximum Gasteiger partial charge on any atom is 0.270 e. The summed E-state index contributed by atoms with van der Waals surface area (Å²) in [5.41, 5.74) is 4.44. The van der Waals surface area contributed by atoms with Crippen LogP contribution in [0.15, 0.2) is 77.8 Å². The number of benzene rings is 3. The molecule has 3 aromatic carbocycles. The van der Waals surface area contributed by atoms with Gasteiger partial charge in [-0.3, -0.25) is 15.1 Å². The van der Waals surface area contributed by atoms with Gasteiger partial charge in [-0.2, -0.15) is 0 Å². The number of hydrogen-bond donors (Lipinski definition) is 2. The Bertz CT molecular complexity index is 1320. The quantitative estimate of drug-likeness (QED) is 0.233. The standard InChI is InChI=1S/C25H23N5O2S2/c31-30(32)21-10-11-22-23(15-21)34-24(29-22)26-13-12-17-6-8-19(9-7-17)27-25-28-20(16-33-25)14-18-4-2-1-3-5-18/h1-11,15,20H,12-14,16H2,(H,26,29)(H,27,28)/t20-/m0/s1. The maximum absolute atomic E-state index is 10.9. The molecule has 1 atom stereocenters. The van der Waals surface area contributed by atoms with E-state index >= 15 is 0 Å². The average molecular weight is 490 g/mol. The second-order valence-corrected chi connectivity index (χ2v) is 10.1. The van der Waals surface area contributed by atoms with Gasteiger partial charge in [0.2, 0.25) is 0 Å². The van der Waals surface area contributed by atoms with Crippen molar-refractivity contribution in [3.05, 3.63) is 94.0 Å². The molecule has 0 bridgehead atoms. The second kappa shape index (κ2) is 10.2. The van der Waals surface area contributed by atoms with Gasteiger partial charge in [0.1, 0.15) is 0 Å². The summed E-state index contributed by atoms with van der Waals surface area (Å²) >= 11 is 3.20. The molecule has 172 valence electrons. The maximum atomic E-state index is 10.9. The van der Waals surface area contributed by atoms with E-state index in [1.54, 1.807) is 23.9 Å². The normalized spacial score (nSPS) is 15.3. The number of rotatable bonds is 8. The smallest absolute Gasteiger partial charge is 0.270 e. The van der Waals surface area contributed by atoms with Gasteiger partial charge in [0.25, 0.3) is 5.69 Å². The number of aliphatic imine (C=N–C) groups is 1. The molecule has 1 aromatic heterocycles. The highest BCUT2D eigenvalue weighted by Gasteiger charge is 2.18. The predicted molar refractivity (Wildman–Crippen MR) is 142 cm³/mol. The van der Waals surface area contributed by atoms with Crippen LogP contribution in [0.4, 0.5) is 16.5 Å². The van der Waals surface area contributed by atoms with Crippen molar-refractivity contribution in [2.75, 3.05) is 22.9 Å². The summed E-state index contributed by atoms with van der Waals surface area (Å²) in [5, 5.41) is 19.5. The fraction of sp³-hybridized carbons (Fsp3) is 0.200. The second-order valence-electron chi connectivity index (χ2n) is 8.02. The van der Waals surface area contributed by atoms with Gasteiger partial charge in [0, 0.05) is 30.1 Å². The zero-order chi connectivity index (χ0) is 23.3. The van der Waals surface area contributed by atoms with E-state index in [1.165, 1.54) is 28.5 Å². The van der Waals surface area contributed by atoms with Crippen LogP contribution < -0.4 is 10.6 Å². The highest BCUT2D eigenvalue weighted by Crippen LogP contribution is 2.29. The minimum absolute atomic E-state index is 0.0880. The molecule has 1 aliphatic heterocycles. The summed E-state index contributed by atoms with van der Waals surface area (Å²) < 4.78 is 0.811. The molecule has 0 spiro atoms. The van der Waals surface area contributed by atoms with E-state index in [0.29, 0.717) is 6.04 Å². The fourth-order valence-corrected chi connectivity index (χ4v) is 5.65. The van der Waals surface area contributed by atoms with Crippen molar-refractivity contribution < 1.29 is 4.92 Å². The number of nitrogens with one attached hydrogen (secondary N) is 2. The van der Waals surface area contributed by atoms with E-state index in [2.05, 4.69) is 64.1 Å². The Morgan fingerprint density at radius 3 is 2.65 bits per heavy atom. The summed E-state index contributed by atoms with van der Waals surface area (Å²) in [7, 11) is 0. The zero-order valence-electron chi connectivity index (χ0n) is 18.3. The summed E-state index contributed by atoms with van der Waals surface area (Å²) in [6.45, 7) is 0.735. The lowest BCUT2D eigenvalue weighted by molar-refractivity contribution is -0.384. The Balaban J connectivity index is 1.11. The monoisotopic (exact) mass is 489 g/mol. The lowest BCUT2D eigenvalue weighted by Gasteiger charge is -2.07. The number of fused-ring (bicyclic) bond motifs is 1. The number of hydrogen-bond acceptors (Lipinski definition) is 8. The molecule has 0 radical (unpaired) electrons. The van der Waals surface area contributed by atoms with Crippen LogP contribution in [0.2, 0.25) is 0 Å². The molecule has 9 heteroatoms. The van der Waals surface area contributed by atoms with Crippen molar-refractivity contribution in [3.63, 3.8) is 0 Å². The van der Waals surface area contributed by atoms with Gasteiger partial charge in [-0.05, 0) is 42.2 Å². The number of thiazole rings is 1. The van der Waals surface area contributed by atoms with Crippen LogP contribution in [-0.4, -0.2) is 33.4 Å². The number of aromatic nitrogens is 1. The van der Waals surface area contributed by atoms with Crippen LogP contribution in [0.5, 0.6) is 0 Å². The van der Waals surface area contributed by atoms with Crippen molar-refractivity contribution in [1.82, 2.24) is 4.98 Å². The van der Waals surface area contributed by atoms with Crippen molar-refractivity contribution >= 4 is 55.0 Å². The van der Waals surface area contributed by atoms with Gasteiger partial charge in [-0.25, -0.2) is 4.98 Å². The van der Waals surface area contributed by atoms with Crippen molar-refractivity contribution in [1.29, 1.82) is 0 Å². The first-order valence-electron chi connectivity index (χ1n) is 11.0. The first kappa shape index (κ1) is 22.4. The molecule has 34 heavy (non-hydrogen) atoms. The van der Waals surface area contributed by atoms with E-state index in [0.717, 1.165) is 51.3 Å². The third kappa shape index (κ3) is 5.55. The molecular weight excluding hydrogens is 466 g/mol. The van der Waals surface area contributed by atoms with Gasteiger partial charge in [0.15, 0.2) is 10.3 Å². The topological polar surface area (TPSA) is 92.5 Å². The molecule has 4 aromatic rings. The van der Waals surface area contributed by atoms with Crippen LogP contribution in [0.1, 0.15) is 11.1 Å². The highest BCUT2D eigenvalue weighted by atomic mass is 32.2. The predicted octanol–water partition coefficient (Wildman–Crippen LogP) is 5.99. The Labute approximate surface area is 205 Å². The zero-order valence-corrected chi connectivity index (χ0v) is 19.9. The largest absolute Gasteiger partial charge is 0.361 e. The number of nitrogens with zero attached hydrogens (tertiary/aromatic N) is 3. The molecule has 1 aliphatic rings. The van der Waals surface area contributed by atoms with Crippen LogP contribution >= 0.6 is 23.1 Å². The Kier molecular flexibility index (Phi) is 6.73. The van der Waals surface area contributed by atoms with Crippen molar-refractivity contribution in [3.8, 4) is 0 Å². The molecule has 0 unspecified atom stereocenters. The summed E-state index contributed by atoms with van der Waals surface area (Å²) in [4.78, 5) is 19.9. The summed E-state index contributed by atoms with van der Waals surface area (Å²) in [6.07, 6.45) is 1.82. The molecule has 2 heterocycles. The molecule has 0 fully saturated rings. The van der Waals surface area contributed by atoms with Crippen LogP contribution in [0.3, 0.4) is 0 Å². The van der Waals surface area contributed by atoms with Gasteiger partial charge < -0.3 is 10.6 Å². The number of nitro benzene ring substituents is 1. The number of amidine groups is 1. The number of nitro groups is 1. The Hall–Kier alpha value is -3.43. The summed E-state index contributed by atoms with van der Waals surface area (Å²) in [5.74, 6) is 1.00. The van der Waals surface area contributed by atoms with E-state index < -0.39 is 0 Å². The molecule has 0 aliphatic carbocycles. The minimum Gasteiger partial charge on any atom is -0.361 e. The first-order chi connectivity index (χ1) is 16.6. The van der Waals surface area contributed by atoms with Crippen LogP contribution in [-0.2, 0) is 12.8 Å². The lowest BCUT2D eigenvalue weighted by atomic mass is 10.1. The third-order valence-corrected chi connectivity index (χ3v) is 7.51. The fourth-order valence-electron chi connectivity index (χ4n) is 3.77. The molecule has 0 saturated carbocycles. The molecule has 2 N–H and O–H groups in total. The average Bonchev–Trinajstić information content (AvgIpc) is 3.46. The van der Waals surface area contributed by atoms with Crippen molar-refractivity contribution in [2.45, 2.75) is 18.9 Å². The molecule has 7 nitrogen and oxygen atoms in total. The molecule has 0 amide bonds. The number of non-ortho nitro benzene ring substituents is 1. The van der Waals surface area contributed by atoms with Crippen LogP contribution in [0, 0.1) is 10.1 Å². The van der Waals surface area contributed by atoms with E-state index in [4.69, 9.17) is 4.99 Å². The highest BCUT2D eigenvalue weighted by molar-refractivity contribution is 8.14. The van der Waals surface area contributed by atoms with E-state index in [1.807, 2.05) is 6.07 Å². The lowest BCUT2D eigenvalue weighted by Crippen LogP contribution is -2.08. The SMILES string of the molecule is O=[N+]([O-])c1ccc2nc(NCCc3ccc(NC4=N[C@@H](Cc5ccccc5)CS4)cc3)sc2c1. The molecule has 5 rings (SSSR count). The van der Waals surface area contributed by atoms with Gasteiger partial charge in [-0.15, -0.1) is 0 Å².